The van der Waals surface area contributed by atoms with E-state index in [0.717, 1.165) is 5.69 Å². The van der Waals surface area contributed by atoms with Crippen molar-refractivity contribution < 1.29 is 23.4 Å². The number of aromatic nitrogens is 1. The Hall–Kier alpha value is -3.03. The predicted molar refractivity (Wildman–Crippen MR) is 107 cm³/mol. The van der Waals surface area contributed by atoms with E-state index in [4.69, 9.17) is 14.2 Å². The molecule has 1 saturated heterocycles. The average molecular weight is 403 g/mol. The Kier molecular flexibility index (Phi) is 6.10. The fourth-order valence-corrected chi connectivity index (χ4v) is 2.99. The van der Waals surface area contributed by atoms with Crippen molar-refractivity contribution in [1.82, 2.24) is 9.88 Å². The highest BCUT2D eigenvalue weighted by Crippen LogP contribution is 2.35. The zero-order valence-corrected chi connectivity index (χ0v) is 17.1. The molecular weight excluding hydrogens is 377 g/mol. The molecule has 0 atom stereocenters. The lowest BCUT2D eigenvalue weighted by Crippen LogP contribution is -2.50. The molecule has 0 spiro atoms. The van der Waals surface area contributed by atoms with E-state index in [9.17, 15) is 9.18 Å². The molecule has 2 aromatic rings. The minimum absolute atomic E-state index is 0.288. The van der Waals surface area contributed by atoms with Gasteiger partial charge in [-0.2, -0.15) is 0 Å². The standard InChI is InChI=1S/C21H26FN3O4/c1-21(2,3)29-20(26)25-12-10-24(11-13-25)16-6-5-9-23-19(16)28-17-8-7-15(22)14-18(17)27-4/h5-9,14H,10-13H2,1-4H3. The Morgan fingerprint density at radius 1 is 1.10 bits per heavy atom. The number of hydrogen-bond acceptors (Lipinski definition) is 6. The zero-order valence-electron chi connectivity index (χ0n) is 17.1. The first-order valence-electron chi connectivity index (χ1n) is 9.46. The summed E-state index contributed by atoms with van der Waals surface area (Å²) in [5.41, 5.74) is 0.273. The summed E-state index contributed by atoms with van der Waals surface area (Å²) < 4.78 is 30.0. The van der Waals surface area contributed by atoms with Crippen LogP contribution in [0, 0.1) is 5.82 Å². The van der Waals surface area contributed by atoms with E-state index in [0.29, 0.717) is 37.8 Å². The molecule has 0 saturated carbocycles. The molecule has 3 rings (SSSR count). The van der Waals surface area contributed by atoms with Crippen LogP contribution in [0.15, 0.2) is 36.5 Å². The molecule has 7 nitrogen and oxygen atoms in total. The van der Waals surface area contributed by atoms with Crippen molar-refractivity contribution in [3.05, 3.63) is 42.3 Å². The van der Waals surface area contributed by atoms with Crippen LogP contribution in [-0.2, 0) is 4.74 Å². The van der Waals surface area contributed by atoms with Crippen molar-refractivity contribution in [2.24, 2.45) is 0 Å². The Bertz CT molecular complexity index is 861. The minimum atomic E-state index is -0.521. The van der Waals surface area contributed by atoms with E-state index in [-0.39, 0.29) is 11.8 Å². The maximum atomic E-state index is 13.4. The Labute approximate surface area is 170 Å². The second-order valence-corrected chi connectivity index (χ2v) is 7.68. The summed E-state index contributed by atoms with van der Waals surface area (Å²) in [6.07, 6.45) is 1.32. The second-order valence-electron chi connectivity index (χ2n) is 7.68. The van der Waals surface area contributed by atoms with E-state index in [1.54, 1.807) is 11.1 Å². The smallest absolute Gasteiger partial charge is 0.410 e. The molecule has 0 bridgehead atoms. The highest BCUT2D eigenvalue weighted by Gasteiger charge is 2.27. The van der Waals surface area contributed by atoms with Gasteiger partial charge in [-0.3, -0.25) is 0 Å². The van der Waals surface area contributed by atoms with Gasteiger partial charge in [-0.15, -0.1) is 0 Å². The van der Waals surface area contributed by atoms with Gasteiger partial charge in [0.15, 0.2) is 11.5 Å². The number of benzene rings is 1. The summed E-state index contributed by atoms with van der Waals surface area (Å²) in [6.45, 7) is 7.84. The summed E-state index contributed by atoms with van der Waals surface area (Å²) in [5, 5.41) is 0. The molecule has 8 heteroatoms. The second kappa shape index (κ2) is 8.55. The number of ether oxygens (including phenoxy) is 3. The molecule has 0 radical (unpaired) electrons. The van der Waals surface area contributed by atoms with E-state index < -0.39 is 11.4 Å². The molecule has 29 heavy (non-hydrogen) atoms. The number of carbonyl (C=O) groups excluding carboxylic acids is 1. The molecule has 1 aromatic heterocycles. The molecule has 0 unspecified atom stereocenters. The largest absolute Gasteiger partial charge is 0.493 e. The van der Waals surface area contributed by atoms with Gasteiger partial charge in [0, 0.05) is 38.4 Å². The third kappa shape index (κ3) is 5.28. The Morgan fingerprint density at radius 2 is 1.83 bits per heavy atom. The van der Waals surface area contributed by atoms with Crippen LogP contribution in [0.25, 0.3) is 0 Å². The van der Waals surface area contributed by atoms with Crippen molar-refractivity contribution in [2.75, 3.05) is 38.2 Å². The molecule has 1 aromatic carbocycles. The first-order chi connectivity index (χ1) is 13.8. The molecule has 1 aliphatic rings. The highest BCUT2D eigenvalue weighted by atomic mass is 19.1. The lowest BCUT2D eigenvalue weighted by molar-refractivity contribution is 0.0240. The summed E-state index contributed by atoms with van der Waals surface area (Å²) in [5.74, 6) is 0.648. The van der Waals surface area contributed by atoms with E-state index >= 15 is 0 Å². The number of piperazine rings is 1. The molecule has 0 aliphatic carbocycles. The minimum Gasteiger partial charge on any atom is -0.493 e. The third-order valence-corrected chi connectivity index (χ3v) is 4.36. The van der Waals surface area contributed by atoms with Gasteiger partial charge in [0.2, 0.25) is 5.88 Å². The van der Waals surface area contributed by atoms with Crippen molar-refractivity contribution in [2.45, 2.75) is 26.4 Å². The van der Waals surface area contributed by atoms with E-state index in [1.807, 2.05) is 32.9 Å². The summed E-state index contributed by atoms with van der Waals surface area (Å²) in [7, 11) is 1.46. The van der Waals surface area contributed by atoms with Crippen molar-refractivity contribution in [1.29, 1.82) is 0 Å². The zero-order chi connectivity index (χ0) is 21.0. The molecule has 1 aliphatic heterocycles. The van der Waals surface area contributed by atoms with Gasteiger partial charge in [-0.05, 0) is 45.0 Å². The number of hydrogen-bond donors (Lipinski definition) is 0. The van der Waals surface area contributed by atoms with Gasteiger partial charge >= 0.3 is 6.09 Å². The van der Waals surface area contributed by atoms with Crippen molar-refractivity contribution in [3.8, 4) is 17.4 Å². The number of carbonyl (C=O) groups is 1. The monoisotopic (exact) mass is 403 g/mol. The van der Waals surface area contributed by atoms with Crippen LogP contribution in [-0.4, -0.2) is 54.9 Å². The maximum Gasteiger partial charge on any atom is 0.410 e. The summed E-state index contributed by atoms with van der Waals surface area (Å²) in [4.78, 5) is 20.4. The van der Waals surface area contributed by atoms with Crippen LogP contribution in [0.2, 0.25) is 0 Å². The number of pyridine rings is 1. The number of nitrogens with zero attached hydrogens (tertiary/aromatic N) is 3. The van der Waals surface area contributed by atoms with Crippen LogP contribution < -0.4 is 14.4 Å². The van der Waals surface area contributed by atoms with Gasteiger partial charge in [0.25, 0.3) is 0 Å². The fourth-order valence-electron chi connectivity index (χ4n) is 2.99. The molecule has 0 N–H and O–H groups in total. The molecule has 1 fully saturated rings. The quantitative estimate of drug-likeness (QED) is 0.767. The maximum absolute atomic E-state index is 13.4. The van der Waals surface area contributed by atoms with E-state index in [1.165, 1.54) is 25.3 Å². The first kappa shape index (κ1) is 20.7. The summed E-state index contributed by atoms with van der Waals surface area (Å²) >= 11 is 0. The van der Waals surface area contributed by atoms with Crippen LogP contribution in [0.4, 0.5) is 14.9 Å². The number of amides is 1. The van der Waals surface area contributed by atoms with Crippen LogP contribution in [0.5, 0.6) is 17.4 Å². The number of halogens is 1. The molecular formula is C21H26FN3O4. The molecule has 1 amide bonds. The lowest BCUT2D eigenvalue weighted by Gasteiger charge is -2.36. The van der Waals surface area contributed by atoms with Gasteiger partial charge in [0.05, 0.1) is 7.11 Å². The SMILES string of the molecule is COc1cc(F)ccc1Oc1ncccc1N1CCN(C(=O)OC(C)(C)C)CC1. The van der Waals surface area contributed by atoms with Gasteiger partial charge in [-0.25, -0.2) is 14.2 Å². The van der Waals surface area contributed by atoms with Crippen LogP contribution in [0.1, 0.15) is 20.8 Å². The van der Waals surface area contributed by atoms with Gasteiger partial charge in [0.1, 0.15) is 17.1 Å². The topological polar surface area (TPSA) is 64.1 Å². The van der Waals surface area contributed by atoms with E-state index in [2.05, 4.69) is 9.88 Å². The Balaban J connectivity index is 1.71. The van der Waals surface area contributed by atoms with Crippen molar-refractivity contribution in [3.63, 3.8) is 0 Å². The summed E-state index contributed by atoms with van der Waals surface area (Å²) in [6, 6.07) is 7.80. The molecule has 156 valence electrons. The van der Waals surface area contributed by atoms with Crippen LogP contribution in [0.3, 0.4) is 0 Å². The average Bonchev–Trinajstić information content (AvgIpc) is 2.68. The van der Waals surface area contributed by atoms with Gasteiger partial charge in [-0.1, -0.05) is 0 Å². The number of anilines is 1. The van der Waals surface area contributed by atoms with Crippen LogP contribution >= 0.6 is 0 Å². The number of methoxy groups -OCH3 is 1. The molecule has 2 heterocycles. The first-order valence-corrected chi connectivity index (χ1v) is 9.46. The normalized spacial score (nSPS) is 14.5. The van der Waals surface area contributed by atoms with Crippen molar-refractivity contribution >= 4 is 11.8 Å². The fraction of sp³-hybridized carbons (Fsp3) is 0.429. The lowest BCUT2D eigenvalue weighted by atomic mass is 10.2. The number of rotatable bonds is 4. The third-order valence-electron chi connectivity index (χ3n) is 4.36. The highest BCUT2D eigenvalue weighted by molar-refractivity contribution is 5.69. The Morgan fingerprint density at radius 3 is 2.48 bits per heavy atom. The predicted octanol–water partition coefficient (Wildman–Crippen LogP) is 4.08. The van der Waals surface area contributed by atoms with Gasteiger partial charge < -0.3 is 24.0 Å².